The van der Waals surface area contributed by atoms with Crippen molar-refractivity contribution < 1.29 is 9.53 Å². The van der Waals surface area contributed by atoms with Crippen LogP contribution in [0.5, 0.6) is 0 Å². The number of ether oxygens (including phenoxy) is 1. The minimum Gasteiger partial charge on any atom is -0.381 e. The summed E-state index contributed by atoms with van der Waals surface area (Å²) in [6, 6.07) is 4.05. The summed E-state index contributed by atoms with van der Waals surface area (Å²) in [5, 5.41) is 2.99. The van der Waals surface area contributed by atoms with Gasteiger partial charge in [-0.15, -0.1) is 0 Å². The molecule has 3 rings (SSSR count). The Morgan fingerprint density at radius 2 is 2.43 bits per heavy atom. The van der Waals surface area contributed by atoms with Crippen LogP contribution in [0.15, 0.2) is 24.5 Å². The van der Waals surface area contributed by atoms with Crippen LogP contribution in [-0.4, -0.2) is 28.5 Å². The van der Waals surface area contributed by atoms with Gasteiger partial charge in [0.2, 0.25) is 5.91 Å². The number of carbonyl (C=O) groups excluding carboxylic acids is 1. The first kappa shape index (κ1) is 14.1. The molecule has 112 valence electrons. The predicted molar refractivity (Wildman–Crippen MR) is 79.9 cm³/mol. The number of pyridine rings is 1. The molecule has 5 heteroatoms. The predicted octanol–water partition coefficient (Wildman–Crippen LogP) is 2.08. The van der Waals surface area contributed by atoms with E-state index in [0.29, 0.717) is 13.2 Å². The molecule has 0 aliphatic carbocycles. The van der Waals surface area contributed by atoms with E-state index in [4.69, 9.17) is 4.74 Å². The normalized spacial score (nSPS) is 19.4. The van der Waals surface area contributed by atoms with E-state index in [1.54, 1.807) is 0 Å². The molecule has 21 heavy (non-hydrogen) atoms. The Morgan fingerprint density at radius 3 is 3.33 bits per heavy atom. The van der Waals surface area contributed by atoms with Crippen LogP contribution < -0.4 is 5.32 Å². The van der Waals surface area contributed by atoms with Crippen molar-refractivity contribution in [1.29, 1.82) is 0 Å². The number of aromatic nitrogens is 2. The summed E-state index contributed by atoms with van der Waals surface area (Å²) in [5.74, 6) is 0.901. The molecule has 5 nitrogen and oxygen atoms in total. The van der Waals surface area contributed by atoms with Crippen LogP contribution >= 0.6 is 0 Å². The maximum Gasteiger partial charge on any atom is 0.225 e. The van der Waals surface area contributed by atoms with Gasteiger partial charge in [0.1, 0.15) is 5.82 Å². The lowest BCUT2D eigenvalue weighted by atomic mass is 10.0. The van der Waals surface area contributed by atoms with Crippen molar-refractivity contribution in [2.24, 2.45) is 5.92 Å². The van der Waals surface area contributed by atoms with Crippen LogP contribution in [0.1, 0.15) is 30.7 Å². The Morgan fingerprint density at radius 1 is 1.52 bits per heavy atom. The van der Waals surface area contributed by atoms with Gasteiger partial charge in [-0.2, -0.15) is 0 Å². The van der Waals surface area contributed by atoms with Gasteiger partial charge < -0.3 is 14.5 Å². The molecule has 0 aromatic carbocycles. The summed E-state index contributed by atoms with van der Waals surface area (Å²) in [6.45, 7) is 3.82. The van der Waals surface area contributed by atoms with Crippen LogP contribution in [0.2, 0.25) is 0 Å². The van der Waals surface area contributed by atoms with Crippen molar-refractivity contribution in [1.82, 2.24) is 14.7 Å². The number of amides is 1. The summed E-state index contributed by atoms with van der Waals surface area (Å²) >= 11 is 0. The molecule has 0 radical (unpaired) electrons. The molecule has 2 aromatic heterocycles. The molecule has 1 fully saturated rings. The minimum atomic E-state index is -0.0273. The van der Waals surface area contributed by atoms with E-state index in [2.05, 4.69) is 23.3 Å². The molecule has 1 unspecified atom stereocenters. The Bertz CT molecular complexity index is 627. The van der Waals surface area contributed by atoms with Crippen LogP contribution in [0.25, 0.3) is 5.52 Å². The highest BCUT2D eigenvalue weighted by Gasteiger charge is 2.20. The molecule has 0 saturated carbocycles. The van der Waals surface area contributed by atoms with Gasteiger partial charge in [0.25, 0.3) is 0 Å². The molecular weight excluding hydrogens is 266 g/mol. The molecule has 0 bridgehead atoms. The zero-order valence-electron chi connectivity index (χ0n) is 12.3. The monoisotopic (exact) mass is 287 g/mol. The molecular formula is C16H21N3O2. The zero-order chi connectivity index (χ0) is 14.7. The maximum atomic E-state index is 12.2. The molecule has 1 atom stereocenters. The molecule has 1 aliphatic heterocycles. The zero-order valence-corrected chi connectivity index (χ0v) is 12.3. The number of aryl methyl sites for hydroxylation is 1. The first-order valence-electron chi connectivity index (χ1n) is 7.52. The number of rotatable bonds is 3. The summed E-state index contributed by atoms with van der Waals surface area (Å²) in [5.41, 5.74) is 2.26. The lowest BCUT2D eigenvalue weighted by Crippen LogP contribution is -2.32. The summed E-state index contributed by atoms with van der Waals surface area (Å²) in [4.78, 5) is 16.6. The Balaban J connectivity index is 1.66. The van der Waals surface area contributed by atoms with Crippen molar-refractivity contribution in [3.8, 4) is 0 Å². The molecule has 3 heterocycles. The SMILES string of the molecule is Cc1cccn2c(CNC(=O)C3CCCCOC3)ncc12. The van der Waals surface area contributed by atoms with E-state index in [9.17, 15) is 4.79 Å². The van der Waals surface area contributed by atoms with E-state index in [1.165, 1.54) is 5.56 Å². The number of imidazole rings is 1. The van der Waals surface area contributed by atoms with E-state index in [1.807, 2.05) is 22.9 Å². The van der Waals surface area contributed by atoms with Crippen molar-refractivity contribution in [2.75, 3.05) is 13.2 Å². The minimum absolute atomic E-state index is 0.0273. The van der Waals surface area contributed by atoms with Crippen molar-refractivity contribution in [2.45, 2.75) is 32.7 Å². The van der Waals surface area contributed by atoms with E-state index in [-0.39, 0.29) is 11.8 Å². The second-order valence-corrected chi connectivity index (χ2v) is 5.61. The first-order chi connectivity index (χ1) is 10.3. The molecule has 1 N–H and O–H groups in total. The molecule has 1 saturated heterocycles. The lowest BCUT2D eigenvalue weighted by Gasteiger charge is -2.13. The second kappa shape index (κ2) is 6.26. The number of hydrogen-bond acceptors (Lipinski definition) is 3. The number of nitrogens with zero attached hydrogens (tertiary/aromatic N) is 2. The number of nitrogens with one attached hydrogen (secondary N) is 1. The van der Waals surface area contributed by atoms with Crippen molar-refractivity contribution in [3.63, 3.8) is 0 Å². The largest absolute Gasteiger partial charge is 0.381 e. The number of carbonyl (C=O) groups is 1. The fourth-order valence-electron chi connectivity index (χ4n) is 2.77. The highest BCUT2D eigenvalue weighted by atomic mass is 16.5. The van der Waals surface area contributed by atoms with Crippen molar-refractivity contribution in [3.05, 3.63) is 35.9 Å². The molecule has 1 amide bonds. The van der Waals surface area contributed by atoms with Crippen LogP contribution in [0, 0.1) is 12.8 Å². The smallest absolute Gasteiger partial charge is 0.225 e. The number of fused-ring (bicyclic) bond motifs is 1. The fraction of sp³-hybridized carbons (Fsp3) is 0.500. The van der Waals surface area contributed by atoms with Crippen molar-refractivity contribution >= 4 is 11.4 Å². The van der Waals surface area contributed by atoms with Gasteiger partial charge in [0.15, 0.2) is 0 Å². The van der Waals surface area contributed by atoms with Gasteiger partial charge in [0.05, 0.1) is 30.8 Å². The third-order valence-electron chi connectivity index (χ3n) is 4.06. The lowest BCUT2D eigenvalue weighted by molar-refractivity contribution is -0.126. The quantitative estimate of drug-likeness (QED) is 0.940. The summed E-state index contributed by atoms with van der Waals surface area (Å²) in [6.07, 6.45) is 6.85. The maximum absolute atomic E-state index is 12.2. The highest BCUT2D eigenvalue weighted by molar-refractivity contribution is 5.78. The Hall–Kier alpha value is -1.88. The average Bonchev–Trinajstić information content (AvgIpc) is 2.72. The third-order valence-corrected chi connectivity index (χ3v) is 4.06. The summed E-state index contributed by atoms with van der Waals surface area (Å²) in [7, 11) is 0. The average molecular weight is 287 g/mol. The standard InChI is InChI=1S/C16H21N3O2/c1-12-5-4-7-19-14(12)9-17-15(19)10-18-16(20)13-6-2-3-8-21-11-13/h4-5,7,9,13H,2-3,6,8,10-11H2,1H3,(H,18,20). The fourth-order valence-corrected chi connectivity index (χ4v) is 2.77. The first-order valence-corrected chi connectivity index (χ1v) is 7.52. The highest BCUT2D eigenvalue weighted by Crippen LogP contribution is 2.15. The van der Waals surface area contributed by atoms with E-state index in [0.717, 1.165) is 37.2 Å². The van der Waals surface area contributed by atoms with E-state index >= 15 is 0 Å². The van der Waals surface area contributed by atoms with Gasteiger partial charge in [-0.1, -0.05) is 12.5 Å². The third kappa shape index (κ3) is 3.08. The molecule has 1 aliphatic rings. The van der Waals surface area contributed by atoms with E-state index < -0.39 is 0 Å². The van der Waals surface area contributed by atoms with Gasteiger partial charge in [-0.3, -0.25) is 4.79 Å². The van der Waals surface area contributed by atoms with Gasteiger partial charge in [0, 0.05) is 12.8 Å². The molecule has 0 spiro atoms. The Kier molecular flexibility index (Phi) is 4.20. The number of hydrogen-bond donors (Lipinski definition) is 1. The van der Waals surface area contributed by atoms with Crippen LogP contribution in [0.4, 0.5) is 0 Å². The van der Waals surface area contributed by atoms with Crippen LogP contribution in [-0.2, 0) is 16.1 Å². The second-order valence-electron chi connectivity index (χ2n) is 5.61. The Labute approximate surface area is 124 Å². The van der Waals surface area contributed by atoms with Gasteiger partial charge >= 0.3 is 0 Å². The molecule has 2 aromatic rings. The van der Waals surface area contributed by atoms with Gasteiger partial charge in [-0.25, -0.2) is 4.98 Å². The van der Waals surface area contributed by atoms with Crippen LogP contribution in [0.3, 0.4) is 0 Å². The van der Waals surface area contributed by atoms with Gasteiger partial charge in [-0.05, 0) is 31.4 Å². The topological polar surface area (TPSA) is 55.6 Å². The summed E-state index contributed by atoms with van der Waals surface area (Å²) < 4.78 is 7.50.